The molecule has 0 aromatic heterocycles. The Labute approximate surface area is 38.3 Å². The zero-order valence-electron chi connectivity index (χ0n) is 4.11. The molecule has 0 radical (unpaired) electrons. The number of ether oxygens (including phenoxy) is 1. The van der Waals surface area contributed by atoms with Crippen LogP contribution in [0, 0.1) is 5.92 Å². The van der Waals surface area contributed by atoms with Crippen molar-refractivity contribution < 1.29 is 4.74 Å². The van der Waals surface area contributed by atoms with Crippen molar-refractivity contribution in [3.8, 4) is 0 Å². The van der Waals surface area contributed by atoms with Gasteiger partial charge in [0, 0.05) is 5.92 Å². The van der Waals surface area contributed by atoms with Crippen LogP contribution in [0.4, 0.5) is 0 Å². The van der Waals surface area contributed by atoms with Crippen LogP contribution in [0.5, 0.6) is 0 Å². The molecule has 0 aromatic carbocycles. The van der Waals surface area contributed by atoms with E-state index in [9.17, 15) is 0 Å². The molecule has 0 atom stereocenters. The molecule has 1 nitrogen and oxygen atoms in total. The summed E-state index contributed by atoms with van der Waals surface area (Å²) in [5.74, 6) is 0.894. The van der Waals surface area contributed by atoms with Crippen molar-refractivity contribution >= 4 is 0 Å². The van der Waals surface area contributed by atoms with Crippen LogP contribution >= 0.6 is 0 Å². The van der Waals surface area contributed by atoms with E-state index in [2.05, 4.69) is 6.92 Å². The molecule has 1 fully saturated rings. The van der Waals surface area contributed by atoms with Crippen molar-refractivity contribution in [3.05, 3.63) is 0 Å². The fourth-order valence-electron chi connectivity index (χ4n) is 0.520. The highest BCUT2D eigenvalue weighted by Crippen LogP contribution is 2.12. The minimum absolute atomic E-state index is 0.894. The Balaban J connectivity index is 2.01. The normalized spacial score (nSPS) is 23.5. The molecule has 0 spiro atoms. The van der Waals surface area contributed by atoms with Gasteiger partial charge in [0.15, 0.2) is 0 Å². The smallest absolute Gasteiger partial charge is 0.0516 e. The topological polar surface area (TPSA) is 9.23 Å². The molecular formula is C5H10O. The summed E-state index contributed by atoms with van der Waals surface area (Å²) in [4.78, 5) is 0. The zero-order valence-corrected chi connectivity index (χ0v) is 4.11. The number of rotatable bonds is 1. The molecule has 1 heteroatoms. The molecule has 1 aliphatic heterocycles. The number of hydrogen-bond acceptors (Lipinski definition) is 1. The summed E-state index contributed by atoms with van der Waals surface area (Å²) in [5, 5.41) is 0. The molecule has 1 rings (SSSR count). The lowest BCUT2D eigenvalue weighted by molar-refractivity contribution is -0.0331. The quantitative estimate of drug-likeness (QED) is 0.463. The highest BCUT2D eigenvalue weighted by Gasteiger charge is 2.14. The van der Waals surface area contributed by atoms with E-state index in [1.807, 2.05) is 0 Å². The van der Waals surface area contributed by atoms with Crippen molar-refractivity contribution in [3.63, 3.8) is 0 Å². The predicted molar refractivity (Wildman–Crippen MR) is 24.6 cm³/mol. The predicted octanol–water partition coefficient (Wildman–Crippen LogP) is 1.04. The molecule has 1 aliphatic rings. The van der Waals surface area contributed by atoms with Crippen molar-refractivity contribution in [2.24, 2.45) is 5.92 Å². The maximum absolute atomic E-state index is 4.93. The highest BCUT2D eigenvalue weighted by atomic mass is 16.5. The second-order valence-electron chi connectivity index (χ2n) is 1.81. The first-order valence-corrected chi connectivity index (χ1v) is 2.51. The van der Waals surface area contributed by atoms with Crippen LogP contribution in [0.2, 0.25) is 0 Å². The van der Waals surface area contributed by atoms with Crippen LogP contribution in [-0.4, -0.2) is 13.2 Å². The Hall–Kier alpha value is -0.0400. The first-order valence-electron chi connectivity index (χ1n) is 2.51. The van der Waals surface area contributed by atoms with Crippen molar-refractivity contribution in [1.29, 1.82) is 0 Å². The third-order valence-corrected chi connectivity index (χ3v) is 1.28. The Kier molecular flexibility index (Phi) is 1.10. The average molecular weight is 86.1 g/mol. The molecule has 0 aliphatic carbocycles. The van der Waals surface area contributed by atoms with Gasteiger partial charge in [-0.2, -0.15) is 0 Å². The first-order chi connectivity index (χ1) is 2.93. The molecule has 36 valence electrons. The van der Waals surface area contributed by atoms with Gasteiger partial charge >= 0.3 is 0 Å². The molecule has 0 saturated carbocycles. The summed E-state index contributed by atoms with van der Waals surface area (Å²) < 4.78 is 4.93. The Morgan fingerprint density at radius 1 is 1.67 bits per heavy atom. The number of hydrogen-bond donors (Lipinski definition) is 0. The molecule has 0 aromatic rings. The van der Waals surface area contributed by atoms with Crippen molar-refractivity contribution in [2.45, 2.75) is 13.3 Å². The van der Waals surface area contributed by atoms with Gasteiger partial charge in [0.2, 0.25) is 0 Å². The van der Waals surface area contributed by atoms with E-state index in [-0.39, 0.29) is 0 Å². The molecular weight excluding hydrogens is 76.1 g/mol. The van der Waals surface area contributed by atoms with Gasteiger partial charge in [0.05, 0.1) is 13.2 Å². The monoisotopic (exact) mass is 86.1 g/mol. The summed E-state index contributed by atoms with van der Waals surface area (Å²) >= 11 is 0. The summed E-state index contributed by atoms with van der Waals surface area (Å²) in [6, 6.07) is 0. The highest BCUT2D eigenvalue weighted by molar-refractivity contribution is 4.61. The average Bonchev–Trinajstić information content (AvgIpc) is 1.31. The zero-order chi connectivity index (χ0) is 4.41. The van der Waals surface area contributed by atoms with Gasteiger partial charge in [-0.1, -0.05) is 6.92 Å². The second kappa shape index (κ2) is 1.61. The summed E-state index contributed by atoms with van der Waals surface area (Å²) in [6.45, 7) is 4.22. The summed E-state index contributed by atoms with van der Waals surface area (Å²) in [7, 11) is 0. The molecule has 0 unspecified atom stereocenters. The Morgan fingerprint density at radius 3 is 2.33 bits per heavy atom. The standard InChI is InChI=1S/C5H10O/c1-2-5-3-6-4-5/h5H,2-4H2,1H3. The summed E-state index contributed by atoms with van der Waals surface area (Å²) in [6.07, 6.45) is 1.29. The van der Waals surface area contributed by atoms with Gasteiger partial charge in [0.25, 0.3) is 0 Å². The molecule has 1 saturated heterocycles. The lowest BCUT2D eigenvalue weighted by Gasteiger charge is -2.23. The first kappa shape index (κ1) is 4.13. The molecule has 6 heavy (non-hydrogen) atoms. The van der Waals surface area contributed by atoms with Crippen LogP contribution in [0.15, 0.2) is 0 Å². The van der Waals surface area contributed by atoms with E-state index in [4.69, 9.17) is 4.74 Å². The lowest BCUT2D eigenvalue weighted by atomic mass is 10.1. The van der Waals surface area contributed by atoms with E-state index in [0.717, 1.165) is 19.1 Å². The fraction of sp³-hybridized carbons (Fsp3) is 1.00. The van der Waals surface area contributed by atoms with E-state index in [0.29, 0.717) is 0 Å². The van der Waals surface area contributed by atoms with Crippen LogP contribution < -0.4 is 0 Å². The van der Waals surface area contributed by atoms with E-state index in [1.165, 1.54) is 6.42 Å². The van der Waals surface area contributed by atoms with E-state index in [1.54, 1.807) is 0 Å². The van der Waals surface area contributed by atoms with Crippen LogP contribution in [0.25, 0.3) is 0 Å². The fourth-order valence-corrected chi connectivity index (χ4v) is 0.520. The van der Waals surface area contributed by atoms with Gasteiger partial charge < -0.3 is 4.74 Å². The Morgan fingerprint density at radius 2 is 2.33 bits per heavy atom. The minimum atomic E-state index is 0.894. The molecule has 1 heterocycles. The van der Waals surface area contributed by atoms with Crippen LogP contribution in [0.3, 0.4) is 0 Å². The molecule has 0 N–H and O–H groups in total. The lowest BCUT2D eigenvalue weighted by Crippen LogP contribution is -2.26. The Bertz CT molecular complexity index is 36.4. The van der Waals surface area contributed by atoms with Gasteiger partial charge in [-0.05, 0) is 6.42 Å². The summed E-state index contributed by atoms with van der Waals surface area (Å²) in [5.41, 5.74) is 0. The second-order valence-corrected chi connectivity index (χ2v) is 1.81. The minimum Gasteiger partial charge on any atom is -0.381 e. The maximum Gasteiger partial charge on any atom is 0.0516 e. The third-order valence-electron chi connectivity index (χ3n) is 1.28. The maximum atomic E-state index is 4.93. The SMILES string of the molecule is CCC1COC1. The third kappa shape index (κ3) is 0.548. The van der Waals surface area contributed by atoms with Crippen molar-refractivity contribution in [2.75, 3.05) is 13.2 Å². The van der Waals surface area contributed by atoms with Gasteiger partial charge in [-0.3, -0.25) is 0 Å². The van der Waals surface area contributed by atoms with Gasteiger partial charge in [-0.25, -0.2) is 0 Å². The largest absolute Gasteiger partial charge is 0.381 e. The molecule has 0 amide bonds. The van der Waals surface area contributed by atoms with E-state index >= 15 is 0 Å². The van der Waals surface area contributed by atoms with Gasteiger partial charge in [-0.15, -0.1) is 0 Å². The van der Waals surface area contributed by atoms with Crippen molar-refractivity contribution in [1.82, 2.24) is 0 Å². The van der Waals surface area contributed by atoms with Crippen LogP contribution in [-0.2, 0) is 4.74 Å². The van der Waals surface area contributed by atoms with Crippen LogP contribution in [0.1, 0.15) is 13.3 Å². The van der Waals surface area contributed by atoms with E-state index < -0.39 is 0 Å². The molecule has 0 bridgehead atoms. The van der Waals surface area contributed by atoms with Gasteiger partial charge in [0.1, 0.15) is 0 Å².